The Balaban J connectivity index is 1.66. The van der Waals surface area contributed by atoms with E-state index in [4.69, 9.17) is 8.92 Å². The van der Waals surface area contributed by atoms with Crippen LogP contribution in [0.5, 0.6) is 11.5 Å². The van der Waals surface area contributed by atoms with Crippen molar-refractivity contribution in [3.8, 4) is 11.5 Å². The molecule has 1 N–H and O–H groups in total. The number of amidine groups is 1. The van der Waals surface area contributed by atoms with E-state index < -0.39 is 10.1 Å². The van der Waals surface area contributed by atoms with Gasteiger partial charge in [0.1, 0.15) is 10.6 Å². The van der Waals surface area contributed by atoms with E-state index in [2.05, 4.69) is 15.5 Å². The van der Waals surface area contributed by atoms with Crippen molar-refractivity contribution >= 4 is 49.9 Å². The summed E-state index contributed by atoms with van der Waals surface area (Å²) >= 11 is 1.31. The second-order valence-electron chi connectivity index (χ2n) is 7.29. The number of carbonyl (C=O) groups is 1. The number of fused-ring (bicyclic) bond motifs is 1. The summed E-state index contributed by atoms with van der Waals surface area (Å²) in [5.41, 5.74) is 0.457. The summed E-state index contributed by atoms with van der Waals surface area (Å²) in [6.07, 6.45) is 2.12. The summed E-state index contributed by atoms with van der Waals surface area (Å²) in [6.45, 7) is 4.25. The third-order valence-corrected chi connectivity index (χ3v) is 7.52. The molecular weight excluding hydrogens is 474 g/mol. The highest BCUT2D eigenvalue weighted by Crippen LogP contribution is 2.30. The molecule has 1 aliphatic heterocycles. The number of rotatable bonds is 8. The molecule has 4 rings (SSSR count). The van der Waals surface area contributed by atoms with Crippen LogP contribution in [0.25, 0.3) is 10.8 Å². The molecule has 10 heteroatoms. The van der Waals surface area contributed by atoms with Crippen molar-refractivity contribution in [1.29, 1.82) is 0 Å². The number of nitrogens with zero attached hydrogens (tertiary/aromatic N) is 2. The number of amides is 1. The lowest BCUT2D eigenvalue weighted by Gasteiger charge is -2.12. The molecule has 1 heterocycles. The van der Waals surface area contributed by atoms with Gasteiger partial charge < -0.3 is 14.2 Å². The molecule has 0 saturated carbocycles. The SMILES string of the molecule is CCOc1ccc(S(=O)(=O)Oc2ccc3ccccc3c2/C=N/N=C2\NC(=O)C(CC)S2)cc1. The minimum atomic E-state index is -4.11. The van der Waals surface area contributed by atoms with E-state index in [0.29, 0.717) is 29.5 Å². The Kier molecular flexibility index (Phi) is 7.18. The molecule has 1 fully saturated rings. The number of nitrogens with one attached hydrogen (secondary N) is 1. The highest BCUT2D eigenvalue weighted by Gasteiger charge is 2.28. The Bertz CT molecular complexity index is 1370. The van der Waals surface area contributed by atoms with Gasteiger partial charge in [-0.15, -0.1) is 5.10 Å². The average molecular weight is 498 g/mol. The summed E-state index contributed by atoms with van der Waals surface area (Å²) in [6, 6.07) is 16.9. The van der Waals surface area contributed by atoms with E-state index in [1.165, 1.54) is 30.1 Å². The van der Waals surface area contributed by atoms with Gasteiger partial charge in [0.15, 0.2) is 10.9 Å². The lowest BCUT2D eigenvalue weighted by Crippen LogP contribution is -2.24. The number of thioether (sulfide) groups is 1. The number of carbonyl (C=O) groups excluding carboxylic acids is 1. The lowest BCUT2D eigenvalue weighted by molar-refractivity contribution is -0.118. The number of ether oxygens (including phenoxy) is 1. The van der Waals surface area contributed by atoms with Crippen molar-refractivity contribution in [1.82, 2.24) is 5.32 Å². The quantitative estimate of drug-likeness (QED) is 0.282. The largest absolute Gasteiger partial charge is 0.494 e. The van der Waals surface area contributed by atoms with Crippen molar-refractivity contribution in [3.05, 3.63) is 66.2 Å². The molecular formula is C24H23N3O5S2. The summed E-state index contributed by atoms with van der Waals surface area (Å²) in [7, 11) is -4.11. The highest BCUT2D eigenvalue weighted by molar-refractivity contribution is 8.15. The summed E-state index contributed by atoms with van der Waals surface area (Å²) < 4.78 is 36.8. The van der Waals surface area contributed by atoms with Gasteiger partial charge in [-0.1, -0.05) is 49.0 Å². The molecule has 0 aliphatic carbocycles. The van der Waals surface area contributed by atoms with Gasteiger partial charge in [0.2, 0.25) is 5.91 Å². The number of hydrogen-bond donors (Lipinski definition) is 1. The molecule has 3 aromatic carbocycles. The maximum Gasteiger partial charge on any atom is 0.339 e. The third kappa shape index (κ3) is 5.23. The van der Waals surface area contributed by atoms with Gasteiger partial charge in [0.05, 0.1) is 18.1 Å². The second-order valence-corrected chi connectivity index (χ2v) is 10.0. The zero-order valence-electron chi connectivity index (χ0n) is 18.6. The first-order valence-electron chi connectivity index (χ1n) is 10.7. The van der Waals surface area contributed by atoms with E-state index in [9.17, 15) is 13.2 Å². The van der Waals surface area contributed by atoms with Crippen molar-refractivity contribution in [2.45, 2.75) is 30.4 Å². The fourth-order valence-corrected chi connectivity index (χ4v) is 5.18. The zero-order valence-corrected chi connectivity index (χ0v) is 20.2. The minimum Gasteiger partial charge on any atom is -0.494 e. The number of benzene rings is 3. The van der Waals surface area contributed by atoms with Crippen LogP contribution in [0.1, 0.15) is 25.8 Å². The van der Waals surface area contributed by atoms with Gasteiger partial charge in [-0.2, -0.15) is 13.5 Å². The zero-order chi connectivity index (χ0) is 24.1. The van der Waals surface area contributed by atoms with Gasteiger partial charge in [-0.05, 0) is 54.4 Å². The fourth-order valence-electron chi connectivity index (χ4n) is 3.38. The smallest absolute Gasteiger partial charge is 0.339 e. The van der Waals surface area contributed by atoms with E-state index >= 15 is 0 Å². The first-order chi connectivity index (χ1) is 16.4. The van der Waals surface area contributed by atoms with Crippen LogP contribution in [0.4, 0.5) is 0 Å². The molecule has 0 radical (unpaired) electrons. The third-order valence-electron chi connectivity index (χ3n) is 5.04. The normalized spacial score (nSPS) is 17.4. The summed E-state index contributed by atoms with van der Waals surface area (Å²) in [4.78, 5) is 11.9. The average Bonchev–Trinajstić information content (AvgIpc) is 3.20. The van der Waals surface area contributed by atoms with Crippen LogP contribution in [0.15, 0.2) is 75.8 Å². The van der Waals surface area contributed by atoms with Crippen molar-refractivity contribution in [2.24, 2.45) is 10.2 Å². The molecule has 1 aliphatic rings. The van der Waals surface area contributed by atoms with Crippen LogP contribution in [0.3, 0.4) is 0 Å². The molecule has 0 bridgehead atoms. The maximum absolute atomic E-state index is 13.0. The van der Waals surface area contributed by atoms with E-state index in [1.807, 2.05) is 38.1 Å². The van der Waals surface area contributed by atoms with Crippen LogP contribution in [-0.2, 0) is 14.9 Å². The fraction of sp³-hybridized carbons (Fsp3) is 0.208. The van der Waals surface area contributed by atoms with Crippen molar-refractivity contribution in [2.75, 3.05) is 6.61 Å². The van der Waals surface area contributed by atoms with E-state index in [1.54, 1.807) is 24.3 Å². The number of hydrogen-bond acceptors (Lipinski definition) is 8. The molecule has 1 amide bonds. The van der Waals surface area contributed by atoms with Gasteiger partial charge in [-0.25, -0.2) is 0 Å². The van der Waals surface area contributed by atoms with Gasteiger partial charge in [-0.3, -0.25) is 4.79 Å². The molecule has 0 spiro atoms. The first-order valence-corrected chi connectivity index (χ1v) is 13.0. The molecule has 8 nitrogen and oxygen atoms in total. The molecule has 3 aromatic rings. The molecule has 34 heavy (non-hydrogen) atoms. The van der Waals surface area contributed by atoms with E-state index in [-0.39, 0.29) is 21.8 Å². The van der Waals surface area contributed by atoms with Crippen LogP contribution in [0, 0.1) is 0 Å². The summed E-state index contributed by atoms with van der Waals surface area (Å²) in [5, 5.41) is 12.7. The second kappa shape index (κ2) is 10.3. The van der Waals surface area contributed by atoms with Crippen LogP contribution in [0.2, 0.25) is 0 Å². The molecule has 1 saturated heterocycles. The maximum atomic E-state index is 13.0. The van der Waals surface area contributed by atoms with E-state index in [0.717, 1.165) is 10.8 Å². The van der Waals surface area contributed by atoms with Crippen molar-refractivity contribution < 1.29 is 22.1 Å². The summed E-state index contributed by atoms with van der Waals surface area (Å²) in [5.74, 6) is 0.587. The Morgan fingerprint density at radius 1 is 1.06 bits per heavy atom. The molecule has 1 unspecified atom stereocenters. The minimum absolute atomic E-state index is 0.00270. The molecule has 0 aromatic heterocycles. The standard InChI is InChI=1S/C24H23N3O5S2/c1-3-22-23(28)26-24(33-22)27-25-15-20-19-8-6-5-7-16(19)9-14-21(20)32-34(29,30)18-12-10-17(11-13-18)31-4-2/h5-15,22H,3-4H2,1-2H3,(H,26,27,28)/b25-15+. The van der Waals surface area contributed by atoms with Gasteiger partial charge in [0, 0.05) is 5.56 Å². The van der Waals surface area contributed by atoms with Gasteiger partial charge >= 0.3 is 10.1 Å². The molecule has 176 valence electrons. The van der Waals surface area contributed by atoms with Gasteiger partial charge in [0.25, 0.3) is 0 Å². The predicted octanol–water partition coefficient (Wildman–Crippen LogP) is 4.34. The van der Waals surface area contributed by atoms with Crippen LogP contribution in [-0.4, -0.2) is 37.6 Å². The van der Waals surface area contributed by atoms with Crippen LogP contribution < -0.4 is 14.2 Å². The first kappa shape index (κ1) is 23.8. The highest BCUT2D eigenvalue weighted by atomic mass is 32.2. The molecule has 1 atom stereocenters. The predicted molar refractivity (Wildman–Crippen MR) is 134 cm³/mol. The Hall–Kier alpha value is -3.37. The van der Waals surface area contributed by atoms with Crippen LogP contribution >= 0.6 is 11.8 Å². The lowest BCUT2D eigenvalue weighted by atomic mass is 10.0. The Labute approximate surface area is 202 Å². The Morgan fingerprint density at radius 3 is 2.53 bits per heavy atom. The van der Waals surface area contributed by atoms with Crippen molar-refractivity contribution in [3.63, 3.8) is 0 Å². The topological polar surface area (TPSA) is 106 Å². The monoisotopic (exact) mass is 497 g/mol. The Morgan fingerprint density at radius 2 is 1.82 bits per heavy atom.